The molecule has 0 saturated heterocycles. The first kappa shape index (κ1) is 39.0. The fourth-order valence-electron chi connectivity index (χ4n) is 17.1. The van der Waals surface area contributed by atoms with Crippen molar-refractivity contribution in [3.8, 4) is 11.4 Å². The number of furan rings is 1. The molecule has 2 atom stereocenters. The Morgan fingerprint density at radius 2 is 1.09 bits per heavy atom. The van der Waals surface area contributed by atoms with Crippen LogP contribution >= 0.6 is 0 Å². The van der Waals surface area contributed by atoms with Crippen molar-refractivity contribution in [3.05, 3.63) is 178 Å². The molecule has 0 spiro atoms. The third-order valence-corrected chi connectivity index (χ3v) is 19.0. The van der Waals surface area contributed by atoms with Crippen LogP contribution in [0.5, 0.6) is 0 Å². The molecule has 5 nitrogen and oxygen atoms in total. The smallest absolute Gasteiger partial charge is 0.163 e. The SMILES string of the molecule is Cc1cc(N2c3ccccc3C(c3ccccc3)(c3cccc4c3oc3ccccc34)c3ccccc32)cc(C)c1-c1nc(C23CC4CC(CC(C4)C2)C3)nc(C23CC4CCCC(C2)C4C3)n1. The molecule has 8 aliphatic rings. The molecule has 2 unspecified atom stereocenters. The number of benzene rings is 6. The van der Waals surface area contributed by atoms with E-state index >= 15 is 0 Å². The molecule has 16 rings (SSSR count). The molecule has 6 aromatic carbocycles. The van der Waals surface area contributed by atoms with Crippen LogP contribution in [0.3, 0.4) is 0 Å². The maximum Gasteiger partial charge on any atom is 0.163 e. The van der Waals surface area contributed by atoms with Crippen LogP contribution in [0.1, 0.15) is 122 Å². The average Bonchev–Trinajstić information content (AvgIpc) is 4.05. The number of para-hydroxylation sites is 4. The van der Waals surface area contributed by atoms with Gasteiger partial charge in [-0.15, -0.1) is 0 Å². The van der Waals surface area contributed by atoms with Crippen molar-refractivity contribution in [2.24, 2.45) is 35.5 Å². The number of rotatable bonds is 6. The van der Waals surface area contributed by atoms with E-state index in [0.717, 1.165) is 97.5 Å². The number of hydrogen-bond acceptors (Lipinski definition) is 5. The van der Waals surface area contributed by atoms with Crippen molar-refractivity contribution < 1.29 is 4.42 Å². The zero-order valence-corrected chi connectivity index (χ0v) is 38.8. The molecule has 6 bridgehead atoms. The standard InChI is InChI=1S/C62H58N4O/c1-37-26-45(27-38(2)55(37)57-63-58(60-31-39-28-40(32-60)30-41(29-39)33-60)65-59(64-57)61-34-42-14-12-15-43(35-61)48(42)36-61)66-52-23-9-7-20-49(52)62(44-16-4-3-5-17-44,50-21-8-10-24-53(50)66)51-22-13-19-47-46-18-6-11-25-54(46)67-56(47)51/h3-11,13,16-27,39-43,48H,12,14-15,28-36H2,1-2H3. The first-order valence-corrected chi connectivity index (χ1v) is 25.7. The van der Waals surface area contributed by atoms with Gasteiger partial charge in [-0.3, -0.25) is 0 Å². The van der Waals surface area contributed by atoms with Crippen molar-refractivity contribution in [1.82, 2.24) is 15.0 Å². The monoisotopic (exact) mass is 874 g/mol. The van der Waals surface area contributed by atoms with Crippen LogP contribution in [-0.4, -0.2) is 15.0 Å². The summed E-state index contributed by atoms with van der Waals surface area (Å²) >= 11 is 0. The van der Waals surface area contributed by atoms with Crippen molar-refractivity contribution >= 4 is 39.0 Å². The first-order valence-electron chi connectivity index (χ1n) is 25.7. The number of fused-ring (bicyclic) bond motifs is 6. The topological polar surface area (TPSA) is 55.1 Å². The third-order valence-electron chi connectivity index (χ3n) is 19.0. The maximum absolute atomic E-state index is 6.93. The second-order valence-corrected chi connectivity index (χ2v) is 22.7. The van der Waals surface area contributed by atoms with Gasteiger partial charge in [0.05, 0.1) is 16.8 Å². The second-order valence-electron chi connectivity index (χ2n) is 22.7. The Morgan fingerprint density at radius 3 is 1.73 bits per heavy atom. The Hall–Kier alpha value is -6.07. The summed E-state index contributed by atoms with van der Waals surface area (Å²) in [5.74, 6) is 8.29. The summed E-state index contributed by atoms with van der Waals surface area (Å²) in [7, 11) is 0. The van der Waals surface area contributed by atoms with Gasteiger partial charge in [0, 0.05) is 38.4 Å². The minimum absolute atomic E-state index is 0.102. The van der Waals surface area contributed by atoms with Crippen molar-refractivity contribution in [2.75, 3.05) is 4.90 Å². The van der Waals surface area contributed by atoms with Crippen LogP contribution in [0, 0.1) is 49.4 Å². The Morgan fingerprint density at radius 1 is 0.537 bits per heavy atom. The lowest BCUT2D eigenvalue weighted by atomic mass is 9.49. The van der Waals surface area contributed by atoms with E-state index in [2.05, 4.69) is 152 Å². The fraction of sp³-hybridized carbons (Fsp3) is 0.371. The van der Waals surface area contributed by atoms with Gasteiger partial charge in [0.2, 0.25) is 0 Å². The van der Waals surface area contributed by atoms with Crippen molar-refractivity contribution in [2.45, 2.75) is 107 Å². The van der Waals surface area contributed by atoms with E-state index in [9.17, 15) is 0 Å². The molecular weight excluding hydrogens is 817 g/mol. The molecular formula is C62H58N4O. The van der Waals surface area contributed by atoms with Crippen LogP contribution in [0.15, 0.2) is 138 Å². The van der Waals surface area contributed by atoms with Crippen LogP contribution in [0.4, 0.5) is 17.1 Å². The van der Waals surface area contributed by atoms with Crippen LogP contribution in [-0.2, 0) is 16.2 Å². The normalized spacial score (nSPS) is 29.4. The molecule has 2 aromatic heterocycles. The highest BCUT2D eigenvalue weighted by Crippen LogP contribution is 2.66. The predicted molar refractivity (Wildman–Crippen MR) is 268 cm³/mol. The Balaban J connectivity index is 0.912. The van der Waals surface area contributed by atoms with E-state index in [-0.39, 0.29) is 10.8 Å². The van der Waals surface area contributed by atoms with E-state index in [1.165, 1.54) is 110 Å². The quantitative estimate of drug-likeness (QED) is 0.167. The lowest BCUT2D eigenvalue weighted by Crippen LogP contribution is -2.49. The molecule has 0 amide bonds. The van der Waals surface area contributed by atoms with Gasteiger partial charge in [0.25, 0.3) is 0 Å². The minimum atomic E-state index is -0.672. The van der Waals surface area contributed by atoms with Crippen LogP contribution < -0.4 is 4.90 Å². The highest BCUT2D eigenvalue weighted by atomic mass is 16.3. The molecule has 332 valence electrons. The Bertz CT molecular complexity index is 3200. The van der Waals surface area contributed by atoms with Gasteiger partial charge in [0.15, 0.2) is 5.82 Å². The number of aromatic nitrogens is 3. The molecule has 5 heteroatoms. The zero-order valence-electron chi connectivity index (χ0n) is 38.8. The lowest BCUT2D eigenvalue weighted by molar-refractivity contribution is -0.00971. The third kappa shape index (κ3) is 5.40. The average molecular weight is 875 g/mol. The molecule has 0 N–H and O–H groups in total. The molecule has 7 saturated carbocycles. The van der Waals surface area contributed by atoms with Crippen molar-refractivity contribution in [3.63, 3.8) is 0 Å². The van der Waals surface area contributed by atoms with Gasteiger partial charge >= 0.3 is 0 Å². The highest BCUT2D eigenvalue weighted by Gasteiger charge is 2.60. The minimum Gasteiger partial charge on any atom is -0.456 e. The number of aryl methyl sites for hydroxylation is 2. The van der Waals surface area contributed by atoms with Gasteiger partial charge in [-0.25, -0.2) is 15.0 Å². The summed E-state index contributed by atoms with van der Waals surface area (Å²) in [6.07, 6.45) is 16.1. The summed E-state index contributed by atoms with van der Waals surface area (Å²) in [6, 6.07) is 49.3. The van der Waals surface area contributed by atoms with Gasteiger partial charge < -0.3 is 9.32 Å². The van der Waals surface area contributed by atoms with Crippen molar-refractivity contribution in [1.29, 1.82) is 0 Å². The molecule has 3 heterocycles. The summed E-state index contributed by atoms with van der Waals surface area (Å²) in [5, 5.41) is 2.28. The second kappa shape index (κ2) is 14.0. The number of nitrogens with zero attached hydrogens (tertiary/aromatic N) is 4. The summed E-state index contributed by atoms with van der Waals surface area (Å²) in [5.41, 5.74) is 13.3. The molecule has 7 fully saturated rings. The van der Waals surface area contributed by atoms with Crippen LogP contribution in [0.2, 0.25) is 0 Å². The molecule has 7 aliphatic carbocycles. The Labute approximate surface area is 394 Å². The summed E-state index contributed by atoms with van der Waals surface area (Å²) in [4.78, 5) is 19.8. The molecule has 1 aliphatic heterocycles. The molecule has 0 radical (unpaired) electrons. The molecule has 67 heavy (non-hydrogen) atoms. The summed E-state index contributed by atoms with van der Waals surface area (Å²) in [6.45, 7) is 4.61. The van der Waals surface area contributed by atoms with E-state index in [4.69, 9.17) is 19.4 Å². The maximum atomic E-state index is 6.93. The van der Waals surface area contributed by atoms with E-state index < -0.39 is 5.41 Å². The fourth-order valence-corrected chi connectivity index (χ4v) is 17.1. The first-order chi connectivity index (χ1) is 32.9. The van der Waals surface area contributed by atoms with Gasteiger partial charge in [0.1, 0.15) is 22.8 Å². The highest BCUT2D eigenvalue weighted by molar-refractivity contribution is 6.07. The largest absolute Gasteiger partial charge is 0.456 e. The lowest BCUT2D eigenvalue weighted by Gasteiger charge is -2.56. The van der Waals surface area contributed by atoms with Gasteiger partial charge in [-0.05, 0) is 165 Å². The predicted octanol–water partition coefficient (Wildman–Crippen LogP) is 15.2. The Kier molecular flexibility index (Phi) is 8.14. The van der Waals surface area contributed by atoms with E-state index in [0.29, 0.717) is 0 Å². The van der Waals surface area contributed by atoms with E-state index in [1.807, 2.05) is 0 Å². The van der Waals surface area contributed by atoms with Gasteiger partial charge in [-0.1, -0.05) is 122 Å². The van der Waals surface area contributed by atoms with Gasteiger partial charge in [-0.2, -0.15) is 0 Å². The summed E-state index contributed by atoms with van der Waals surface area (Å²) < 4.78 is 6.93. The van der Waals surface area contributed by atoms with Crippen LogP contribution in [0.25, 0.3) is 33.3 Å². The number of anilines is 3. The zero-order chi connectivity index (χ0) is 44.2. The van der Waals surface area contributed by atoms with E-state index in [1.54, 1.807) is 0 Å². The number of hydrogen-bond donors (Lipinski definition) is 0. The molecule has 8 aromatic rings.